The molecule has 1 saturated carbocycles. The summed E-state index contributed by atoms with van der Waals surface area (Å²) in [6.07, 6.45) is 2.89. The Labute approximate surface area is 96.9 Å². The fraction of sp³-hybridized carbons (Fsp3) is 0.917. The highest BCUT2D eigenvalue weighted by Crippen LogP contribution is 2.38. The minimum Gasteiger partial charge on any atom is -0.481 e. The van der Waals surface area contributed by atoms with Crippen molar-refractivity contribution in [2.75, 3.05) is 13.2 Å². The Balaban J connectivity index is 2.22. The Kier molecular flexibility index (Phi) is 4.33. The second-order valence-electron chi connectivity index (χ2n) is 5.42. The standard InChI is InChI=1S/C12H22O4/c1-11(2,3)15-7-8-16-12(5-4-6-12)9-10(13)14/h4-9H2,1-3H3,(H,13,14). The van der Waals surface area contributed by atoms with Crippen LogP contribution in [0, 0.1) is 0 Å². The molecule has 1 N–H and O–H groups in total. The summed E-state index contributed by atoms with van der Waals surface area (Å²) in [5, 5.41) is 8.79. The van der Waals surface area contributed by atoms with Crippen LogP contribution in [0.15, 0.2) is 0 Å². The lowest BCUT2D eigenvalue weighted by Gasteiger charge is -2.40. The van der Waals surface area contributed by atoms with E-state index in [1.54, 1.807) is 0 Å². The van der Waals surface area contributed by atoms with Gasteiger partial charge in [0, 0.05) is 0 Å². The molecule has 94 valence electrons. The molecular weight excluding hydrogens is 208 g/mol. The molecular formula is C12H22O4. The highest BCUT2D eigenvalue weighted by Gasteiger charge is 2.40. The molecule has 1 fully saturated rings. The van der Waals surface area contributed by atoms with Crippen LogP contribution in [0.2, 0.25) is 0 Å². The number of hydrogen-bond acceptors (Lipinski definition) is 3. The topological polar surface area (TPSA) is 55.8 Å². The van der Waals surface area contributed by atoms with Crippen molar-refractivity contribution in [3.63, 3.8) is 0 Å². The first kappa shape index (κ1) is 13.5. The first-order valence-electron chi connectivity index (χ1n) is 5.83. The molecule has 4 nitrogen and oxygen atoms in total. The number of carbonyl (C=O) groups is 1. The van der Waals surface area contributed by atoms with Crippen molar-refractivity contribution in [2.45, 2.75) is 57.7 Å². The zero-order valence-corrected chi connectivity index (χ0v) is 10.4. The highest BCUT2D eigenvalue weighted by molar-refractivity contribution is 5.68. The van der Waals surface area contributed by atoms with Crippen molar-refractivity contribution in [3.05, 3.63) is 0 Å². The maximum atomic E-state index is 10.7. The van der Waals surface area contributed by atoms with Crippen LogP contribution in [0.1, 0.15) is 46.5 Å². The molecule has 0 radical (unpaired) electrons. The SMILES string of the molecule is CC(C)(C)OCCOC1(CC(=O)O)CCC1. The van der Waals surface area contributed by atoms with E-state index < -0.39 is 11.6 Å². The Morgan fingerprint density at radius 1 is 1.31 bits per heavy atom. The summed E-state index contributed by atoms with van der Waals surface area (Å²) < 4.78 is 11.2. The summed E-state index contributed by atoms with van der Waals surface area (Å²) in [7, 11) is 0. The van der Waals surface area contributed by atoms with Crippen molar-refractivity contribution >= 4 is 5.97 Å². The van der Waals surface area contributed by atoms with Crippen LogP contribution in [0.3, 0.4) is 0 Å². The van der Waals surface area contributed by atoms with Crippen LogP contribution >= 0.6 is 0 Å². The monoisotopic (exact) mass is 230 g/mol. The lowest BCUT2D eigenvalue weighted by molar-refractivity contribution is -0.159. The molecule has 0 aliphatic heterocycles. The Morgan fingerprint density at radius 3 is 2.31 bits per heavy atom. The Morgan fingerprint density at radius 2 is 1.94 bits per heavy atom. The van der Waals surface area contributed by atoms with Crippen molar-refractivity contribution in [3.8, 4) is 0 Å². The molecule has 0 amide bonds. The van der Waals surface area contributed by atoms with Gasteiger partial charge in [-0.2, -0.15) is 0 Å². The summed E-state index contributed by atoms with van der Waals surface area (Å²) >= 11 is 0. The van der Waals surface area contributed by atoms with Gasteiger partial charge in [-0.3, -0.25) is 4.79 Å². The maximum Gasteiger partial charge on any atom is 0.306 e. The summed E-state index contributed by atoms with van der Waals surface area (Å²) in [4.78, 5) is 10.7. The fourth-order valence-electron chi connectivity index (χ4n) is 1.82. The third kappa shape index (κ3) is 4.49. The number of ether oxygens (including phenoxy) is 2. The minimum absolute atomic E-state index is 0.114. The highest BCUT2D eigenvalue weighted by atomic mass is 16.5. The minimum atomic E-state index is -0.781. The summed E-state index contributed by atoms with van der Waals surface area (Å²) in [6, 6.07) is 0. The van der Waals surface area contributed by atoms with Crippen molar-refractivity contribution in [2.24, 2.45) is 0 Å². The van der Waals surface area contributed by atoms with E-state index in [1.807, 2.05) is 20.8 Å². The normalized spacial score (nSPS) is 19.2. The Hall–Kier alpha value is -0.610. The summed E-state index contributed by atoms with van der Waals surface area (Å²) in [5.74, 6) is -0.781. The van der Waals surface area contributed by atoms with Gasteiger partial charge in [-0.25, -0.2) is 0 Å². The van der Waals surface area contributed by atoms with E-state index >= 15 is 0 Å². The molecule has 0 spiro atoms. The average molecular weight is 230 g/mol. The largest absolute Gasteiger partial charge is 0.481 e. The molecule has 1 aliphatic carbocycles. The molecule has 0 aromatic rings. The van der Waals surface area contributed by atoms with Gasteiger partial charge in [0.15, 0.2) is 0 Å². The number of carboxylic acid groups (broad SMARTS) is 1. The second kappa shape index (κ2) is 5.15. The van der Waals surface area contributed by atoms with E-state index in [4.69, 9.17) is 14.6 Å². The molecule has 0 atom stereocenters. The molecule has 4 heteroatoms. The fourth-order valence-corrected chi connectivity index (χ4v) is 1.82. The second-order valence-corrected chi connectivity index (χ2v) is 5.42. The molecule has 1 rings (SSSR count). The zero-order chi connectivity index (χ0) is 12.2. The number of carboxylic acids is 1. The van der Waals surface area contributed by atoms with Crippen LogP contribution in [-0.2, 0) is 14.3 Å². The first-order chi connectivity index (χ1) is 7.33. The molecule has 0 heterocycles. The van der Waals surface area contributed by atoms with Gasteiger partial charge in [0.2, 0.25) is 0 Å². The predicted octanol–water partition coefficient (Wildman–Crippen LogP) is 2.22. The molecule has 0 saturated heterocycles. The van der Waals surface area contributed by atoms with Gasteiger partial charge in [-0.05, 0) is 40.0 Å². The Bertz CT molecular complexity index is 238. The zero-order valence-electron chi connectivity index (χ0n) is 10.4. The van der Waals surface area contributed by atoms with E-state index in [2.05, 4.69) is 0 Å². The average Bonchev–Trinajstić information content (AvgIpc) is 2.05. The third-order valence-corrected chi connectivity index (χ3v) is 2.76. The molecule has 1 aliphatic rings. The van der Waals surface area contributed by atoms with Gasteiger partial charge in [-0.1, -0.05) is 0 Å². The van der Waals surface area contributed by atoms with Crippen molar-refractivity contribution in [1.29, 1.82) is 0 Å². The van der Waals surface area contributed by atoms with Crippen LogP contribution in [-0.4, -0.2) is 35.5 Å². The lowest BCUT2D eigenvalue weighted by atomic mass is 9.77. The van der Waals surface area contributed by atoms with Crippen molar-refractivity contribution in [1.82, 2.24) is 0 Å². The van der Waals surface area contributed by atoms with Gasteiger partial charge in [0.1, 0.15) is 0 Å². The molecule has 16 heavy (non-hydrogen) atoms. The van der Waals surface area contributed by atoms with Crippen LogP contribution < -0.4 is 0 Å². The maximum absolute atomic E-state index is 10.7. The van der Waals surface area contributed by atoms with Crippen LogP contribution in [0.4, 0.5) is 0 Å². The molecule has 0 aromatic carbocycles. The van der Waals surface area contributed by atoms with E-state index in [1.165, 1.54) is 0 Å². The first-order valence-corrected chi connectivity index (χ1v) is 5.83. The number of rotatable bonds is 6. The molecule has 0 bridgehead atoms. The van der Waals surface area contributed by atoms with Gasteiger partial charge in [-0.15, -0.1) is 0 Å². The molecule has 0 unspecified atom stereocenters. The van der Waals surface area contributed by atoms with Gasteiger partial charge in [0.25, 0.3) is 0 Å². The quantitative estimate of drug-likeness (QED) is 0.711. The van der Waals surface area contributed by atoms with Crippen molar-refractivity contribution < 1.29 is 19.4 Å². The van der Waals surface area contributed by atoms with Crippen LogP contribution in [0.25, 0.3) is 0 Å². The third-order valence-electron chi connectivity index (χ3n) is 2.76. The smallest absolute Gasteiger partial charge is 0.306 e. The number of aliphatic carboxylic acids is 1. The van der Waals surface area contributed by atoms with E-state index in [9.17, 15) is 4.79 Å². The van der Waals surface area contributed by atoms with Crippen LogP contribution in [0.5, 0.6) is 0 Å². The lowest BCUT2D eigenvalue weighted by Crippen LogP contribution is -2.43. The van der Waals surface area contributed by atoms with Gasteiger partial charge in [0.05, 0.1) is 30.8 Å². The van der Waals surface area contributed by atoms with E-state index in [-0.39, 0.29) is 12.0 Å². The predicted molar refractivity (Wildman–Crippen MR) is 60.5 cm³/mol. The van der Waals surface area contributed by atoms with E-state index in [0.29, 0.717) is 13.2 Å². The van der Waals surface area contributed by atoms with Gasteiger partial charge >= 0.3 is 5.97 Å². The molecule has 0 aromatic heterocycles. The summed E-state index contributed by atoms with van der Waals surface area (Å²) in [5.41, 5.74) is -0.573. The summed E-state index contributed by atoms with van der Waals surface area (Å²) in [6.45, 7) is 6.96. The van der Waals surface area contributed by atoms with Gasteiger partial charge < -0.3 is 14.6 Å². The van der Waals surface area contributed by atoms with E-state index in [0.717, 1.165) is 19.3 Å². The number of hydrogen-bond donors (Lipinski definition) is 1.